The molecule has 2 rings (SSSR count). The van der Waals surface area contributed by atoms with Gasteiger partial charge in [0, 0.05) is 19.2 Å². The maximum absolute atomic E-state index is 11.7. The van der Waals surface area contributed by atoms with Crippen molar-refractivity contribution < 1.29 is 9.53 Å². The van der Waals surface area contributed by atoms with E-state index in [1.807, 2.05) is 38.1 Å². The Morgan fingerprint density at radius 2 is 1.91 bits per heavy atom. The van der Waals surface area contributed by atoms with Crippen LogP contribution >= 0.6 is 23.7 Å². The van der Waals surface area contributed by atoms with Crippen LogP contribution in [0.5, 0.6) is 5.75 Å². The van der Waals surface area contributed by atoms with Crippen LogP contribution in [0.25, 0.3) is 0 Å². The molecular formula is C16H21ClN2O2S. The minimum Gasteiger partial charge on any atom is -0.494 e. The molecule has 1 aromatic heterocycles. The van der Waals surface area contributed by atoms with E-state index in [2.05, 4.69) is 16.5 Å². The lowest BCUT2D eigenvalue weighted by atomic mass is 10.3. The number of hydrogen-bond acceptors (Lipinski definition) is 4. The fraction of sp³-hybridized carbons (Fsp3) is 0.375. The second-order valence-corrected chi connectivity index (χ2v) is 5.62. The number of ether oxygens (including phenoxy) is 1. The standard InChI is InChI=1S/C16H20N2O2S.ClH/c1-5-18-11(3)15(12(4)19)21-16(18)17-13-7-9-14(10-8-13)20-6-2;/h7-10H,5-6H2,1-4H3;1H/b17-16+;. The average Bonchev–Trinajstić information content (AvgIpc) is 2.77. The van der Waals surface area contributed by atoms with Gasteiger partial charge >= 0.3 is 0 Å². The van der Waals surface area contributed by atoms with Crippen LogP contribution in [-0.4, -0.2) is 17.0 Å². The number of carbonyl (C=O) groups is 1. The molecule has 1 aromatic carbocycles. The van der Waals surface area contributed by atoms with E-state index >= 15 is 0 Å². The van der Waals surface area contributed by atoms with Gasteiger partial charge < -0.3 is 9.30 Å². The highest BCUT2D eigenvalue weighted by molar-refractivity contribution is 7.11. The first kappa shape index (κ1) is 18.5. The summed E-state index contributed by atoms with van der Waals surface area (Å²) >= 11 is 1.44. The molecule has 0 aliphatic heterocycles. The van der Waals surface area contributed by atoms with Crippen molar-refractivity contribution in [2.24, 2.45) is 4.99 Å². The van der Waals surface area contributed by atoms with E-state index in [9.17, 15) is 4.79 Å². The van der Waals surface area contributed by atoms with Crippen molar-refractivity contribution in [2.75, 3.05) is 6.61 Å². The minimum absolute atomic E-state index is 0. The summed E-state index contributed by atoms with van der Waals surface area (Å²) in [5.41, 5.74) is 1.84. The van der Waals surface area contributed by atoms with Crippen LogP contribution < -0.4 is 9.54 Å². The number of halogens is 1. The summed E-state index contributed by atoms with van der Waals surface area (Å²) in [4.78, 5) is 17.9. The van der Waals surface area contributed by atoms with Crippen molar-refractivity contribution in [3.05, 3.63) is 39.6 Å². The molecule has 0 N–H and O–H groups in total. The van der Waals surface area contributed by atoms with Gasteiger partial charge in [0.1, 0.15) is 5.75 Å². The molecule has 0 fully saturated rings. The fourth-order valence-electron chi connectivity index (χ4n) is 2.16. The van der Waals surface area contributed by atoms with Crippen LogP contribution in [0.4, 0.5) is 5.69 Å². The zero-order chi connectivity index (χ0) is 15.4. The molecule has 0 atom stereocenters. The normalized spacial score (nSPS) is 11.2. The van der Waals surface area contributed by atoms with Crippen LogP contribution in [-0.2, 0) is 6.54 Å². The zero-order valence-electron chi connectivity index (χ0n) is 13.3. The summed E-state index contributed by atoms with van der Waals surface area (Å²) in [5.74, 6) is 0.930. The maximum Gasteiger partial charge on any atom is 0.190 e. The average molecular weight is 341 g/mol. The summed E-state index contributed by atoms with van der Waals surface area (Å²) in [5, 5.41) is 0. The second kappa shape index (κ2) is 8.15. The summed E-state index contributed by atoms with van der Waals surface area (Å²) in [6, 6.07) is 7.66. The molecule has 0 bridgehead atoms. The van der Waals surface area contributed by atoms with E-state index in [0.29, 0.717) is 6.61 Å². The molecule has 0 amide bonds. The summed E-state index contributed by atoms with van der Waals surface area (Å²) < 4.78 is 7.49. The SMILES string of the molecule is CCOc1ccc(/N=c2/sc(C(C)=O)c(C)n2CC)cc1.Cl. The summed E-state index contributed by atoms with van der Waals surface area (Å²) in [6.07, 6.45) is 0. The number of nitrogens with zero attached hydrogens (tertiary/aromatic N) is 2. The molecule has 4 nitrogen and oxygen atoms in total. The molecule has 0 radical (unpaired) electrons. The van der Waals surface area contributed by atoms with E-state index in [4.69, 9.17) is 4.74 Å². The summed E-state index contributed by atoms with van der Waals surface area (Å²) in [7, 11) is 0. The highest BCUT2D eigenvalue weighted by Crippen LogP contribution is 2.19. The molecule has 0 saturated carbocycles. The lowest BCUT2D eigenvalue weighted by Crippen LogP contribution is -2.14. The smallest absolute Gasteiger partial charge is 0.190 e. The van der Waals surface area contributed by atoms with Gasteiger partial charge in [0.25, 0.3) is 0 Å². The van der Waals surface area contributed by atoms with Crippen molar-refractivity contribution >= 4 is 35.2 Å². The Bertz CT molecular complexity index is 702. The van der Waals surface area contributed by atoms with Crippen molar-refractivity contribution in [1.29, 1.82) is 0 Å². The molecule has 1 heterocycles. The van der Waals surface area contributed by atoms with Crippen LogP contribution in [0.15, 0.2) is 29.3 Å². The van der Waals surface area contributed by atoms with E-state index in [1.54, 1.807) is 6.92 Å². The van der Waals surface area contributed by atoms with Crippen LogP contribution in [0, 0.1) is 6.92 Å². The van der Waals surface area contributed by atoms with Crippen LogP contribution in [0.1, 0.15) is 36.1 Å². The third-order valence-electron chi connectivity index (χ3n) is 3.17. The first-order chi connectivity index (χ1) is 10.1. The van der Waals surface area contributed by atoms with Gasteiger partial charge in [-0.1, -0.05) is 11.3 Å². The molecule has 0 unspecified atom stereocenters. The second-order valence-electron chi connectivity index (χ2n) is 4.64. The number of ketones is 1. The molecule has 22 heavy (non-hydrogen) atoms. The number of benzene rings is 1. The number of hydrogen-bond donors (Lipinski definition) is 0. The number of aromatic nitrogens is 1. The van der Waals surface area contributed by atoms with Gasteiger partial charge in [0.2, 0.25) is 0 Å². The van der Waals surface area contributed by atoms with E-state index in [-0.39, 0.29) is 18.2 Å². The Kier molecular flexibility index (Phi) is 6.84. The number of rotatable bonds is 5. The van der Waals surface area contributed by atoms with Gasteiger partial charge in [-0.2, -0.15) is 0 Å². The lowest BCUT2D eigenvalue weighted by Gasteiger charge is -2.03. The monoisotopic (exact) mass is 340 g/mol. The number of thiazole rings is 1. The van der Waals surface area contributed by atoms with E-state index < -0.39 is 0 Å². The first-order valence-corrected chi connectivity index (χ1v) is 7.87. The number of Topliss-reactive ketones (excluding diaryl/α,β-unsaturated/α-hetero) is 1. The molecule has 0 saturated heterocycles. The third kappa shape index (κ3) is 3.99. The Balaban J connectivity index is 0.00000242. The minimum atomic E-state index is 0. The molecule has 0 spiro atoms. The first-order valence-electron chi connectivity index (χ1n) is 7.05. The van der Waals surface area contributed by atoms with Gasteiger partial charge in [0.05, 0.1) is 17.2 Å². The van der Waals surface area contributed by atoms with Crippen LogP contribution in [0.3, 0.4) is 0 Å². The summed E-state index contributed by atoms with van der Waals surface area (Å²) in [6.45, 7) is 9.03. The largest absolute Gasteiger partial charge is 0.494 e. The predicted molar refractivity (Wildman–Crippen MR) is 92.8 cm³/mol. The van der Waals surface area contributed by atoms with Crippen LogP contribution in [0.2, 0.25) is 0 Å². The number of carbonyl (C=O) groups excluding carboxylic acids is 1. The Morgan fingerprint density at radius 3 is 2.41 bits per heavy atom. The lowest BCUT2D eigenvalue weighted by molar-refractivity contribution is 0.102. The van der Waals surface area contributed by atoms with Gasteiger partial charge in [-0.05, 0) is 45.0 Å². The van der Waals surface area contributed by atoms with Gasteiger partial charge in [-0.25, -0.2) is 4.99 Å². The fourth-order valence-corrected chi connectivity index (χ4v) is 3.27. The van der Waals surface area contributed by atoms with Gasteiger partial charge in [0.15, 0.2) is 10.6 Å². The highest BCUT2D eigenvalue weighted by Gasteiger charge is 2.12. The van der Waals surface area contributed by atoms with Crippen molar-refractivity contribution in [1.82, 2.24) is 4.57 Å². The molecule has 6 heteroatoms. The quantitative estimate of drug-likeness (QED) is 0.768. The molecule has 0 aliphatic rings. The van der Waals surface area contributed by atoms with Gasteiger partial charge in [-0.15, -0.1) is 12.4 Å². The molecular weight excluding hydrogens is 320 g/mol. The molecule has 2 aromatic rings. The zero-order valence-corrected chi connectivity index (χ0v) is 14.9. The Morgan fingerprint density at radius 1 is 1.27 bits per heavy atom. The predicted octanol–water partition coefficient (Wildman–Crippen LogP) is 4.13. The third-order valence-corrected chi connectivity index (χ3v) is 4.45. The van der Waals surface area contributed by atoms with Crippen molar-refractivity contribution in [3.8, 4) is 5.75 Å². The molecule has 120 valence electrons. The van der Waals surface area contributed by atoms with Crippen molar-refractivity contribution in [3.63, 3.8) is 0 Å². The highest BCUT2D eigenvalue weighted by atomic mass is 35.5. The topological polar surface area (TPSA) is 43.6 Å². The van der Waals surface area contributed by atoms with E-state index in [0.717, 1.165) is 33.4 Å². The van der Waals surface area contributed by atoms with E-state index in [1.165, 1.54) is 11.3 Å². The van der Waals surface area contributed by atoms with Crippen molar-refractivity contribution in [2.45, 2.75) is 34.2 Å². The Hall–Kier alpha value is -1.59. The van der Waals surface area contributed by atoms with Gasteiger partial charge in [-0.3, -0.25) is 4.79 Å². The molecule has 0 aliphatic carbocycles. The Labute approximate surface area is 140 Å². The maximum atomic E-state index is 11.7.